The van der Waals surface area contributed by atoms with Crippen molar-refractivity contribution in [1.29, 1.82) is 5.26 Å². The Morgan fingerprint density at radius 1 is 1.38 bits per heavy atom. The highest BCUT2D eigenvalue weighted by Crippen LogP contribution is 2.11. The number of nitrogens with zero attached hydrogens (tertiary/aromatic N) is 3. The van der Waals surface area contributed by atoms with Crippen LogP contribution in [0.5, 0.6) is 0 Å². The Labute approximate surface area is 92.8 Å². The minimum atomic E-state index is -4.12. The lowest BCUT2D eigenvalue weighted by Crippen LogP contribution is -2.35. The summed E-state index contributed by atoms with van der Waals surface area (Å²) in [7, 11) is -4.12. The van der Waals surface area contributed by atoms with Crippen molar-refractivity contribution < 1.29 is 8.42 Å². The van der Waals surface area contributed by atoms with E-state index < -0.39 is 16.2 Å². The summed E-state index contributed by atoms with van der Waals surface area (Å²) >= 11 is 0. The Bertz CT molecular complexity index is 531. The molecule has 0 unspecified atom stereocenters. The summed E-state index contributed by atoms with van der Waals surface area (Å²) in [5.41, 5.74) is 5.74. The highest BCUT2D eigenvalue weighted by atomic mass is 32.2. The molecule has 0 bridgehead atoms. The van der Waals surface area contributed by atoms with Gasteiger partial charge >= 0.3 is 10.2 Å². The van der Waals surface area contributed by atoms with E-state index in [1.807, 2.05) is 0 Å². The lowest BCUT2D eigenvalue weighted by Gasteiger charge is -2.13. The molecule has 0 radical (unpaired) electrons. The molecule has 0 saturated carbocycles. The number of hydrogen-bond acceptors (Lipinski definition) is 3. The second kappa shape index (κ2) is 4.61. The van der Waals surface area contributed by atoms with Gasteiger partial charge in [0.25, 0.3) is 0 Å². The van der Waals surface area contributed by atoms with Crippen LogP contribution >= 0.6 is 0 Å². The fourth-order valence-corrected chi connectivity index (χ4v) is 1.33. The third kappa shape index (κ3) is 3.23. The molecule has 0 heterocycles. The Morgan fingerprint density at radius 3 is 2.38 bits per heavy atom. The normalized spacial score (nSPS) is 11.9. The Kier molecular flexibility index (Phi) is 3.44. The van der Waals surface area contributed by atoms with Gasteiger partial charge in [0.2, 0.25) is 5.96 Å². The average molecular weight is 239 g/mol. The van der Waals surface area contributed by atoms with E-state index >= 15 is 0 Å². The second-order valence-electron chi connectivity index (χ2n) is 2.74. The molecule has 16 heavy (non-hydrogen) atoms. The molecule has 1 aromatic rings. The molecule has 0 fully saturated rings. The van der Waals surface area contributed by atoms with Gasteiger partial charge in [-0.25, -0.2) is 10.0 Å². The molecule has 1 rings (SSSR count). The van der Waals surface area contributed by atoms with Crippen LogP contribution in [0.1, 0.15) is 0 Å². The topological polar surface area (TPSA) is 126 Å². The van der Waals surface area contributed by atoms with Crippen LogP contribution in [0.25, 0.3) is 0 Å². The van der Waals surface area contributed by atoms with E-state index in [9.17, 15) is 8.42 Å². The Morgan fingerprint density at radius 2 is 1.94 bits per heavy atom. The summed E-state index contributed by atoms with van der Waals surface area (Å²) < 4.78 is 24.3. The Balaban J connectivity index is 3.12. The summed E-state index contributed by atoms with van der Waals surface area (Å²) in [5, 5.41) is 13.5. The summed E-state index contributed by atoms with van der Waals surface area (Å²) in [6.07, 6.45) is 1.70. The van der Waals surface area contributed by atoms with Crippen LogP contribution in [0.2, 0.25) is 0 Å². The highest BCUT2D eigenvalue weighted by Gasteiger charge is 2.11. The van der Waals surface area contributed by atoms with Crippen molar-refractivity contribution in [3.8, 4) is 6.19 Å². The van der Waals surface area contributed by atoms with Gasteiger partial charge in [0.15, 0.2) is 6.19 Å². The second-order valence-corrected chi connectivity index (χ2v) is 3.95. The molecule has 0 aliphatic rings. The van der Waals surface area contributed by atoms with Crippen molar-refractivity contribution >= 4 is 21.9 Å². The van der Waals surface area contributed by atoms with Gasteiger partial charge in [0.05, 0.1) is 5.69 Å². The van der Waals surface area contributed by atoms with Gasteiger partial charge < -0.3 is 5.73 Å². The third-order valence-electron chi connectivity index (χ3n) is 1.56. The van der Waals surface area contributed by atoms with Crippen LogP contribution in [0.4, 0.5) is 5.69 Å². The van der Waals surface area contributed by atoms with Gasteiger partial charge in [-0.05, 0) is 12.1 Å². The van der Waals surface area contributed by atoms with E-state index in [2.05, 4.69) is 9.54 Å². The molecule has 84 valence electrons. The number of rotatable bonds is 2. The third-order valence-corrected chi connectivity index (χ3v) is 2.01. The summed E-state index contributed by atoms with van der Waals surface area (Å²) in [6.45, 7) is 0. The van der Waals surface area contributed by atoms with Crippen molar-refractivity contribution in [2.75, 3.05) is 4.90 Å². The molecular weight excluding hydrogens is 230 g/mol. The van der Waals surface area contributed by atoms with Crippen molar-refractivity contribution in [3.05, 3.63) is 30.3 Å². The summed E-state index contributed by atoms with van der Waals surface area (Å²) in [6, 6.07) is 8.24. The summed E-state index contributed by atoms with van der Waals surface area (Å²) in [5.74, 6) is -0.504. The maximum absolute atomic E-state index is 10.7. The van der Waals surface area contributed by atoms with E-state index in [-0.39, 0.29) is 0 Å². The zero-order valence-electron chi connectivity index (χ0n) is 8.11. The number of nitriles is 1. The minimum absolute atomic E-state index is 0.398. The first-order valence-corrected chi connectivity index (χ1v) is 5.57. The molecule has 0 amide bonds. The maximum Gasteiger partial charge on any atom is 0.320 e. The zero-order chi connectivity index (χ0) is 12.2. The number of para-hydroxylation sites is 1. The molecule has 1 aromatic carbocycles. The fourth-order valence-electron chi connectivity index (χ4n) is 0.989. The van der Waals surface area contributed by atoms with Crippen molar-refractivity contribution in [2.24, 2.45) is 15.3 Å². The van der Waals surface area contributed by atoms with Crippen molar-refractivity contribution in [1.82, 2.24) is 0 Å². The molecule has 0 aliphatic carbocycles. The monoisotopic (exact) mass is 239 g/mol. The van der Waals surface area contributed by atoms with Gasteiger partial charge in [0.1, 0.15) is 0 Å². The standard InChI is InChI=1S/C8H9N5O2S/c9-6-13(7-4-2-1-3-5-7)8(10)12-16(11,14)15/h1-5H,(H2,10,12)(H2,11,14,15). The number of nitrogens with two attached hydrogens (primary N) is 2. The van der Waals surface area contributed by atoms with Crippen LogP contribution in [0.3, 0.4) is 0 Å². The van der Waals surface area contributed by atoms with Gasteiger partial charge in [-0.15, -0.1) is 4.40 Å². The predicted octanol–water partition coefficient (Wildman–Crippen LogP) is -0.508. The van der Waals surface area contributed by atoms with E-state index in [0.29, 0.717) is 5.69 Å². The molecule has 8 heteroatoms. The minimum Gasteiger partial charge on any atom is -0.368 e. The smallest absolute Gasteiger partial charge is 0.320 e. The van der Waals surface area contributed by atoms with Crippen LogP contribution in [-0.2, 0) is 10.2 Å². The molecule has 0 atom stereocenters. The largest absolute Gasteiger partial charge is 0.368 e. The zero-order valence-corrected chi connectivity index (χ0v) is 8.92. The number of hydrogen-bond donors (Lipinski definition) is 2. The quantitative estimate of drug-likeness (QED) is 0.311. The molecule has 4 N–H and O–H groups in total. The maximum atomic E-state index is 10.7. The lowest BCUT2D eigenvalue weighted by atomic mass is 10.3. The summed E-state index contributed by atoms with van der Waals surface area (Å²) in [4.78, 5) is 0.852. The van der Waals surface area contributed by atoms with E-state index in [1.165, 1.54) is 0 Å². The lowest BCUT2D eigenvalue weighted by molar-refractivity contribution is 0.599. The predicted molar refractivity (Wildman–Crippen MR) is 59.3 cm³/mol. The van der Waals surface area contributed by atoms with Crippen LogP contribution in [0, 0.1) is 11.5 Å². The van der Waals surface area contributed by atoms with Crippen LogP contribution in [-0.4, -0.2) is 14.4 Å². The number of benzene rings is 1. The van der Waals surface area contributed by atoms with E-state index in [1.54, 1.807) is 36.5 Å². The average Bonchev–Trinajstić information content (AvgIpc) is 2.17. The molecule has 0 saturated heterocycles. The van der Waals surface area contributed by atoms with Gasteiger partial charge in [-0.3, -0.25) is 0 Å². The van der Waals surface area contributed by atoms with Gasteiger partial charge in [0, 0.05) is 0 Å². The van der Waals surface area contributed by atoms with Crippen LogP contribution < -0.4 is 15.8 Å². The molecule has 7 nitrogen and oxygen atoms in total. The first-order chi connectivity index (χ1) is 7.44. The molecular formula is C8H9N5O2S. The number of anilines is 1. The van der Waals surface area contributed by atoms with Gasteiger partial charge in [-0.2, -0.15) is 13.7 Å². The Hall–Kier alpha value is -2.11. The number of guanidine groups is 1. The SMILES string of the molecule is N#CN(C(N)=NS(N)(=O)=O)c1ccccc1. The van der Waals surface area contributed by atoms with E-state index in [0.717, 1.165) is 4.90 Å². The molecule has 0 aliphatic heterocycles. The van der Waals surface area contributed by atoms with Gasteiger partial charge in [-0.1, -0.05) is 18.2 Å². The highest BCUT2D eigenvalue weighted by molar-refractivity contribution is 7.88. The fraction of sp³-hybridized carbons (Fsp3) is 0. The first-order valence-electron chi connectivity index (χ1n) is 4.07. The van der Waals surface area contributed by atoms with E-state index in [4.69, 9.17) is 11.0 Å². The molecule has 0 spiro atoms. The molecule has 0 aromatic heterocycles. The first kappa shape index (κ1) is 12.0. The van der Waals surface area contributed by atoms with Crippen molar-refractivity contribution in [3.63, 3.8) is 0 Å². The van der Waals surface area contributed by atoms with Crippen LogP contribution in [0.15, 0.2) is 34.7 Å². The van der Waals surface area contributed by atoms with Crippen molar-refractivity contribution in [2.45, 2.75) is 0 Å².